The van der Waals surface area contributed by atoms with E-state index >= 15 is 0 Å². The van der Waals surface area contributed by atoms with Gasteiger partial charge in [0.05, 0.1) is 6.54 Å². The molecule has 0 saturated carbocycles. The normalized spacial score (nSPS) is 15.5. The van der Waals surface area contributed by atoms with Gasteiger partial charge in [-0.3, -0.25) is 9.69 Å². The second-order valence-electron chi connectivity index (χ2n) is 5.65. The zero-order valence-corrected chi connectivity index (χ0v) is 13.5. The van der Waals surface area contributed by atoms with Crippen molar-refractivity contribution >= 4 is 18.3 Å². The largest absolute Gasteiger partial charge is 0.351 e. The quantitative estimate of drug-likeness (QED) is 0.840. The fourth-order valence-electron chi connectivity index (χ4n) is 2.67. The molecule has 1 saturated heterocycles. The third-order valence-electron chi connectivity index (χ3n) is 3.77. The second kappa shape index (κ2) is 9.77. The Bertz CT molecular complexity index is 407. The first kappa shape index (κ1) is 18.0. The lowest BCUT2D eigenvalue weighted by molar-refractivity contribution is -0.122. The number of hydrogen-bond donors (Lipinski definition) is 2. The Kier molecular flexibility index (Phi) is 8.35. The van der Waals surface area contributed by atoms with Gasteiger partial charge in [-0.2, -0.15) is 0 Å². The minimum Gasteiger partial charge on any atom is -0.351 e. The number of rotatable bonds is 6. The van der Waals surface area contributed by atoms with Gasteiger partial charge in [0.2, 0.25) is 5.91 Å². The molecule has 5 heteroatoms. The topological polar surface area (TPSA) is 44.4 Å². The molecular formula is C16H26ClN3O. The first-order chi connectivity index (χ1) is 9.74. The van der Waals surface area contributed by atoms with Crippen molar-refractivity contribution in [1.82, 2.24) is 15.5 Å². The smallest absolute Gasteiger partial charge is 0.234 e. The van der Waals surface area contributed by atoms with Crippen LogP contribution in [-0.2, 0) is 11.3 Å². The maximum Gasteiger partial charge on any atom is 0.234 e. The van der Waals surface area contributed by atoms with Crippen LogP contribution < -0.4 is 10.6 Å². The van der Waals surface area contributed by atoms with Gasteiger partial charge in [-0.15, -0.1) is 12.4 Å². The van der Waals surface area contributed by atoms with Crippen LogP contribution in [0.5, 0.6) is 0 Å². The van der Waals surface area contributed by atoms with Crippen LogP contribution in [0.15, 0.2) is 30.3 Å². The van der Waals surface area contributed by atoms with Crippen molar-refractivity contribution in [3.63, 3.8) is 0 Å². The monoisotopic (exact) mass is 311 g/mol. The number of nitrogens with one attached hydrogen (secondary N) is 2. The molecule has 0 unspecified atom stereocenters. The number of likely N-dealkylation sites (N-methyl/N-ethyl adjacent to an activating group) is 1. The zero-order valence-electron chi connectivity index (χ0n) is 12.7. The molecule has 0 aromatic heterocycles. The molecular weight excluding hydrogens is 286 g/mol. The van der Waals surface area contributed by atoms with E-state index in [9.17, 15) is 4.79 Å². The van der Waals surface area contributed by atoms with E-state index in [-0.39, 0.29) is 18.3 Å². The number of benzene rings is 1. The lowest BCUT2D eigenvalue weighted by atomic mass is 9.98. The van der Waals surface area contributed by atoms with Gasteiger partial charge in [-0.25, -0.2) is 0 Å². The molecule has 0 spiro atoms. The number of halogens is 1. The highest BCUT2D eigenvalue weighted by Gasteiger charge is 2.16. The summed E-state index contributed by atoms with van der Waals surface area (Å²) < 4.78 is 0. The van der Waals surface area contributed by atoms with Crippen molar-refractivity contribution in [3.8, 4) is 0 Å². The van der Waals surface area contributed by atoms with Crippen LogP contribution >= 0.6 is 12.4 Å². The van der Waals surface area contributed by atoms with Crippen LogP contribution in [0.4, 0.5) is 0 Å². The first-order valence-corrected chi connectivity index (χ1v) is 7.44. The maximum absolute atomic E-state index is 11.9. The fraction of sp³-hybridized carbons (Fsp3) is 0.562. The number of hydrogen-bond acceptors (Lipinski definition) is 3. The number of amides is 1. The van der Waals surface area contributed by atoms with Gasteiger partial charge < -0.3 is 10.6 Å². The second-order valence-corrected chi connectivity index (χ2v) is 5.65. The summed E-state index contributed by atoms with van der Waals surface area (Å²) in [5.74, 6) is 0.827. The predicted octanol–water partition coefficient (Wildman–Crippen LogP) is 1.66. The summed E-state index contributed by atoms with van der Waals surface area (Å²) in [6.07, 6.45) is 2.44. The van der Waals surface area contributed by atoms with E-state index in [0.29, 0.717) is 13.1 Å². The number of carbonyl (C=O) groups excluding carboxylic acids is 1. The summed E-state index contributed by atoms with van der Waals surface area (Å²) in [6.45, 7) is 4.33. The molecule has 1 aromatic rings. The van der Waals surface area contributed by atoms with Crippen LogP contribution in [0.2, 0.25) is 0 Å². The lowest BCUT2D eigenvalue weighted by Gasteiger charge is -2.27. The molecule has 1 fully saturated rings. The van der Waals surface area contributed by atoms with Crippen molar-refractivity contribution in [1.29, 1.82) is 0 Å². The van der Waals surface area contributed by atoms with Crippen LogP contribution in [0.3, 0.4) is 0 Å². The molecule has 0 radical (unpaired) electrons. The van der Waals surface area contributed by atoms with Crippen LogP contribution in [0.1, 0.15) is 18.4 Å². The Morgan fingerprint density at radius 2 is 1.95 bits per heavy atom. The molecule has 1 amide bonds. The van der Waals surface area contributed by atoms with Gasteiger partial charge >= 0.3 is 0 Å². The number of nitrogens with zero attached hydrogens (tertiary/aromatic N) is 1. The first-order valence-electron chi connectivity index (χ1n) is 7.44. The standard InChI is InChI=1S/C16H25N3O.ClH/c1-19(12-15-7-9-17-10-8-15)13-16(20)18-11-14-5-3-2-4-6-14;/h2-6,15,17H,7-13H2,1H3,(H,18,20);1H. The van der Waals surface area contributed by atoms with Gasteiger partial charge in [-0.05, 0) is 44.5 Å². The fourth-order valence-corrected chi connectivity index (χ4v) is 2.67. The van der Waals surface area contributed by atoms with Gasteiger partial charge in [0.1, 0.15) is 0 Å². The van der Waals surface area contributed by atoms with E-state index in [1.54, 1.807) is 0 Å². The number of carbonyl (C=O) groups is 1. The third-order valence-corrected chi connectivity index (χ3v) is 3.77. The van der Waals surface area contributed by atoms with Gasteiger partial charge in [0.25, 0.3) is 0 Å². The zero-order chi connectivity index (χ0) is 14.2. The summed E-state index contributed by atoms with van der Waals surface area (Å²) in [5.41, 5.74) is 1.14. The molecule has 4 nitrogen and oxygen atoms in total. The van der Waals surface area contributed by atoms with Crippen molar-refractivity contribution in [2.45, 2.75) is 19.4 Å². The van der Waals surface area contributed by atoms with Gasteiger partial charge in [0.15, 0.2) is 0 Å². The molecule has 2 rings (SSSR count). The van der Waals surface area contributed by atoms with Crippen molar-refractivity contribution in [2.75, 3.05) is 33.2 Å². The van der Waals surface area contributed by atoms with E-state index in [2.05, 4.69) is 15.5 Å². The summed E-state index contributed by atoms with van der Waals surface area (Å²) in [6, 6.07) is 10.0. The third kappa shape index (κ3) is 6.93. The van der Waals surface area contributed by atoms with E-state index in [1.807, 2.05) is 37.4 Å². The van der Waals surface area contributed by atoms with Gasteiger partial charge in [0, 0.05) is 13.1 Å². The molecule has 118 valence electrons. The molecule has 1 heterocycles. The lowest BCUT2D eigenvalue weighted by Crippen LogP contribution is -2.39. The molecule has 0 atom stereocenters. The summed E-state index contributed by atoms with van der Waals surface area (Å²) in [4.78, 5) is 14.0. The van der Waals surface area contributed by atoms with Crippen molar-refractivity contribution in [3.05, 3.63) is 35.9 Å². The summed E-state index contributed by atoms with van der Waals surface area (Å²) >= 11 is 0. The Morgan fingerprint density at radius 1 is 1.29 bits per heavy atom. The summed E-state index contributed by atoms with van der Waals surface area (Å²) in [5, 5.41) is 6.34. The molecule has 0 bridgehead atoms. The molecule has 1 aliphatic rings. The SMILES string of the molecule is CN(CC(=O)NCc1ccccc1)CC1CCNCC1.Cl. The van der Waals surface area contributed by atoms with Crippen molar-refractivity contribution in [2.24, 2.45) is 5.92 Å². The Morgan fingerprint density at radius 3 is 2.62 bits per heavy atom. The molecule has 1 aromatic carbocycles. The highest BCUT2D eigenvalue weighted by Crippen LogP contribution is 2.12. The van der Waals surface area contributed by atoms with Crippen molar-refractivity contribution < 1.29 is 4.79 Å². The van der Waals surface area contributed by atoms with Gasteiger partial charge in [-0.1, -0.05) is 30.3 Å². The highest BCUT2D eigenvalue weighted by molar-refractivity contribution is 5.85. The van der Waals surface area contributed by atoms with Crippen LogP contribution in [0, 0.1) is 5.92 Å². The van der Waals surface area contributed by atoms with E-state index in [0.717, 1.165) is 31.1 Å². The predicted molar refractivity (Wildman–Crippen MR) is 88.6 cm³/mol. The Balaban J connectivity index is 0.00000220. The highest BCUT2D eigenvalue weighted by atomic mass is 35.5. The number of piperidine rings is 1. The van der Waals surface area contributed by atoms with E-state index < -0.39 is 0 Å². The minimum atomic E-state index is 0. The maximum atomic E-state index is 11.9. The minimum absolute atomic E-state index is 0. The van der Waals surface area contributed by atoms with Crippen LogP contribution in [-0.4, -0.2) is 44.0 Å². The average molecular weight is 312 g/mol. The summed E-state index contributed by atoms with van der Waals surface area (Å²) in [7, 11) is 2.03. The average Bonchev–Trinajstić information content (AvgIpc) is 2.47. The van der Waals surface area contributed by atoms with E-state index in [1.165, 1.54) is 12.8 Å². The molecule has 2 N–H and O–H groups in total. The molecule has 21 heavy (non-hydrogen) atoms. The Hall–Kier alpha value is -1.10. The van der Waals surface area contributed by atoms with E-state index in [4.69, 9.17) is 0 Å². The van der Waals surface area contributed by atoms with Crippen LogP contribution in [0.25, 0.3) is 0 Å². The molecule has 0 aliphatic carbocycles. The Labute approximate surface area is 133 Å². The molecule has 1 aliphatic heterocycles.